The summed E-state index contributed by atoms with van der Waals surface area (Å²) in [5.74, 6) is 0.456. The number of halogens is 1. The summed E-state index contributed by atoms with van der Waals surface area (Å²) in [5, 5.41) is 11.6. The van der Waals surface area contributed by atoms with Gasteiger partial charge < -0.3 is 10.8 Å². The van der Waals surface area contributed by atoms with Crippen LogP contribution in [-0.2, 0) is 6.42 Å². The molecule has 3 aromatic rings. The Hall–Kier alpha value is -2.17. The minimum Gasteiger partial charge on any atom is -0.396 e. The van der Waals surface area contributed by atoms with E-state index in [1.54, 1.807) is 24.7 Å². The van der Waals surface area contributed by atoms with E-state index in [1.165, 1.54) is 0 Å². The molecule has 0 aliphatic rings. The molecule has 0 fully saturated rings. The molecule has 0 bridgehead atoms. The second kappa shape index (κ2) is 5.68. The van der Waals surface area contributed by atoms with Gasteiger partial charge in [-0.1, -0.05) is 11.6 Å². The molecule has 3 rings (SSSR count). The summed E-state index contributed by atoms with van der Waals surface area (Å²) in [7, 11) is 0. The van der Waals surface area contributed by atoms with Crippen LogP contribution in [0.5, 0.6) is 0 Å². The standard InChI is InChI=1S/C16H14ClN3O/c17-15-6-11(5-12-7-16(18)20-9-14(12)15)13-8-19-3-1-10(13)2-4-21/h1,3,5-9,21H,2,4H2,(H2,18,20). The fourth-order valence-electron chi connectivity index (χ4n) is 2.41. The van der Waals surface area contributed by atoms with E-state index in [0.29, 0.717) is 17.3 Å². The number of nitrogens with zero attached hydrogens (tertiary/aromatic N) is 2. The van der Waals surface area contributed by atoms with E-state index in [-0.39, 0.29) is 6.61 Å². The van der Waals surface area contributed by atoms with E-state index in [4.69, 9.17) is 17.3 Å². The van der Waals surface area contributed by atoms with Crippen LogP contribution in [0.1, 0.15) is 5.56 Å². The predicted molar refractivity (Wildman–Crippen MR) is 85.2 cm³/mol. The normalized spacial score (nSPS) is 11.0. The first-order valence-electron chi connectivity index (χ1n) is 6.58. The number of nitrogen functional groups attached to an aromatic ring is 1. The average molecular weight is 300 g/mol. The van der Waals surface area contributed by atoms with E-state index in [2.05, 4.69) is 9.97 Å². The van der Waals surface area contributed by atoms with Crippen molar-refractivity contribution in [3.63, 3.8) is 0 Å². The molecule has 21 heavy (non-hydrogen) atoms. The number of anilines is 1. The molecule has 0 aliphatic carbocycles. The monoisotopic (exact) mass is 299 g/mol. The lowest BCUT2D eigenvalue weighted by Crippen LogP contribution is -1.95. The zero-order valence-electron chi connectivity index (χ0n) is 11.3. The lowest BCUT2D eigenvalue weighted by molar-refractivity contribution is 0.300. The van der Waals surface area contributed by atoms with Crippen molar-refractivity contribution in [2.24, 2.45) is 0 Å². The van der Waals surface area contributed by atoms with E-state index in [0.717, 1.165) is 27.5 Å². The number of aromatic nitrogens is 2. The number of rotatable bonds is 3. The van der Waals surface area contributed by atoms with E-state index in [9.17, 15) is 5.11 Å². The van der Waals surface area contributed by atoms with Crippen LogP contribution in [-0.4, -0.2) is 21.7 Å². The number of aliphatic hydroxyl groups excluding tert-OH is 1. The number of aliphatic hydroxyl groups is 1. The van der Waals surface area contributed by atoms with Crippen molar-refractivity contribution < 1.29 is 5.11 Å². The van der Waals surface area contributed by atoms with Gasteiger partial charge in [0.2, 0.25) is 0 Å². The third kappa shape index (κ3) is 2.68. The molecule has 0 radical (unpaired) electrons. The van der Waals surface area contributed by atoms with Gasteiger partial charge in [0.15, 0.2) is 0 Å². The summed E-state index contributed by atoms with van der Waals surface area (Å²) >= 11 is 6.34. The van der Waals surface area contributed by atoms with E-state index < -0.39 is 0 Å². The van der Waals surface area contributed by atoms with Crippen LogP contribution >= 0.6 is 11.6 Å². The number of hydrogen-bond acceptors (Lipinski definition) is 4. The van der Waals surface area contributed by atoms with Crippen LogP contribution in [0.2, 0.25) is 5.02 Å². The van der Waals surface area contributed by atoms with Crippen molar-refractivity contribution in [3.05, 3.63) is 53.4 Å². The Morgan fingerprint density at radius 2 is 2.05 bits per heavy atom. The summed E-state index contributed by atoms with van der Waals surface area (Å²) in [6, 6.07) is 7.61. The van der Waals surface area contributed by atoms with Crippen LogP contribution in [0.25, 0.3) is 21.9 Å². The highest BCUT2D eigenvalue weighted by molar-refractivity contribution is 6.35. The summed E-state index contributed by atoms with van der Waals surface area (Å²) in [6.07, 6.45) is 5.76. The molecule has 1 aromatic carbocycles. The summed E-state index contributed by atoms with van der Waals surface area (Å²) < 4.78 is 0. The largest absolute Gasteiger partial charge is 0.396 e. The van der Waals surface area contributed by atoms with Gasteiger partial charge in [0.25, 0.3) is 0 Å². The first-order chi connectivity index (χ1) is 10.2. The summed E-state index contributed by atoms with van der Waals surface area (Å²) in [4.78, 5) is 8.23. The van der Waals surface area contributed by atoms with Crippen molar-refractivity contribution in [1.29, 1.82) is 0 Å². The number of pyridine rings is 2. The highest BCUT2D eigenvalue weighted by Crippen LogP contribution is 2.32. The van der Waals surface area contributed by atoms with Crippen molar-refractivity contribution in [2.75, 3.05) is 12.3 Å². The number of nitrogens with two attached hydrogens (primary N) is 1. The van der Waals surface area contributed by atoms with Crippen molar-refractivity contribution >= 4 is 28.2 Å². The maximum Gasteiger partial charge on any atom is 0.123 e. The van der Waals surface area contributed by atoms with Crippen molar-refractivity contribution in [3.8, 4) is 11.1 Å². The highest BCUT2D eigenvalue weighted by atomic mass is 35.5. The van der Waals surface area contributed by atoms with Gasteiger partial charge in [-0.15, -0.1) is 0 Å². The van der Waals surface area contributed by atoms with E-state index in [1.807, 2.05) is 18.2 Å². The van der Waals surface area contributed by atoms with Gasteiger partial charge in [-0.25, -0.2) is 4.98 Å². The zero-order chi connectivity index (χ0) is 14.8. The van der Waals surface area contributed by atoms with Crippen LogP contribution in [0.4, 0.5) is 5.82 Å². The molecule has 0 aliphatic heterocycles. The molecule has 0 atom stereocenters. The molecular weight excluding hydrogens is 286 g/mol. The first-order valence-corrected chi connectivity index (χ1v) is 6.96. The quantitative estimate of drug-likeness (QED) is 0.779. The van der Waals surface area contributed by atoms with Crippen LogP contribution in [0.15, 0.2) is 42.9 Å². The molecule has 5 heteroatoms. The van der Waals surface area contributed by atoms with Gasteiger partial charge in [0.05, 0.1) is 5.02 Å². The maximum atomic E-state index is 9.18. The predicted octanol–water partition coefficient (Wildman–Crippen LogP) is 3.07. The minimum atomic E-state index is 0.0925. The zero-order valence-corrected chi connectivity index (χ0v) is 12.0. The Bertz CT molecular complexity index is 805. The molecule has 0 spiro atoms. The van der Waals surface area contributed by atoms with Crippen LogP contribution in [0.3, 0.4) is 0 Å². The molecule has 0 unspecified atom stereocenters. The fraction of sp³-hybridized carbons (Fsp3) is 0.125. The van der Waals surface area contributed by atoms with Crippen molar-refractivity contribution in [2.45, 2.75) is 6.42 Å². The highest BCUT2D eigenvalue weighted by Gasteiger charge is 2.09. The SMILES string of the molecule is Nc1cc2cc(-c3cnccc3CCO)cc(Cl)c2cn1. The van der Waals surface area contributed by atoms with Gasteiger partial charge in [-0.2, -0.15) is 0 Å². The van der Waals surface area contributed by atoms with Gasteiger partial charge in [-0.05, 0) is 47.2 Å². The molecule has 106 valence electrons. The van der Waals surface area contributed by atoms with Gasteiger partial charge >= 0.3 is 0 Å². The van der Waals surface area contributed by atoms with Crippen molar-refractivity contribution in [1.82, 2.24) is 9.97 Å². The van der Waals surface area contributed by atoms with Crippen LogP contribution < -0.4 is 5.73 Å². The Morgan fingerprint density at radius 3 is 2.86 bits per heavy atom. The van der Waals surface area contributed by atoms with Crippen LogP contribution in [0, 0.1) is 0 Å². The van der Waals surface area contributed by atoms with E-state index >= 15 is 0 Å². The summed E-state index contributed by atoms with van der Waals surface area (Å²) in [6.45, 7) is 0.0925. The molecule has 4 nitrogen and oxygen atoms in total. The average Bonchev–Trinajstić information content (AvgIpc) is 2.47. The Kier molecular flexibility index (Phi) is 3.73. The smallest absolute Gasteiger partial charge is 0.123 e. The third-order valence-corrected chi connectivity index (χ3v) is 3.72. The summed E-state index contributed by atoms with van der Waals surface area (Å²) in [5.41, 5.74) is 8.69. The molecule has 0 saturated carbocycles. The Labute approximate surface area is 127 Å². The van der Waals surface area contributed by atoms with Gasteiger partial charge in [0, 0.05) is 36.1 Å². The second-order valence-electron chi connectivity index (χ2n) is 4.79. The Morgan fingerprint density at radius 1 is 1.19 bits per heavy atom. The van der Waals surface area contributed by atoms with Gasteiger partial charge in [-0.3, -0.25) is 4.98 Å². The molecule has 3 N–H and O–H groups in total. The lowest BCUT2D eigenvalue weighted by atomic mass is 9.98. The number of benzene rings is 1. The number of hydrogen-bond donors (Lipinski definition) is 2. The number of fused-ring (bicyclic) bond motifs is 1. The minimum absolute atomic E-state index is 0.0925. The molecule has 2 aromatic heterocycles. The third-order valence-electron chi connectivity index (χ3n) is 3.41. The maximum absolute atomic E-state index is 9.18. The fourth-order valence-corrected chi connectivity index (χ4v) is 2.68. The van der Waals surface area contributed by atoms with Gasteiger partial charge in [0.1, 0.15) is 5.82 Å². The Balaban J connectivity index is 2.21. The topological polar surface area (TPSA) is 72.0 Å². The molecule has 0 saturated heterocycles. The molecule has 2 heterocycles. The second-order valence-corrected chi connectivity index (χ2v) is 5.20. The molecule has 0 amide bonds. The lowest BCUT2D eigenvalue weighted by Gasteiger charge is -2.10. The first kappa shape index (κ1) is 13.8. The molecular formula is C16H14ClN3O.